The van der Waals surface area contributed by atoms with Crippen LogP contribution in [0.2, 0.25) is 0 Å². The largest absolute Gasteiger partial charge is 0.497 e. The van der Waals surface area contributed by atoms with Crippen molar-refractivity contribution < 1.29 is 23.5 Å². The van der Waals surface area contributed by atoms with Gasteiger partial charge in [-0.25, -0.2) is 0 Å². The molecule has 0 bridgehead atoms. The van der Waals surface area contributed by atoms with E-state index in [2.05, 4.69) is 5.32 Å². The number of carbonyl (C=O) groups is 2. The van der Waals surface area contributed by atoms with Crippen LogP contribution in [0.3, 0.4) is 0 Å². The predicted octanol–water partition coefficient (Wildman–Crippen LogP) is 4.19. The van der Waals surface area contributed by atoms with Crippen molar-refractivity contribution in [2.75, 3.05) is 26.6 Å². The van der Waals surface area contributed by atoms with Gasteiger partial charge in [-0.3, -0.25) is 9.59 Å². The first-order valence-corrected chi connectivity index (χ1v) is 9.66. The Kier molecular flexibility index (Phi) is 6.23. The average Bonchev–Trinajstić information content (AvgIpc) is 3.37. The zero-order valence-corrected chi connectivity index (χ0v) is 17.5. The minimum Gasteiger partial charge on any atom is -0.497 e. The first kappa shape index (κ1) is 20.5. The van der Waals surface area contributed by atoms with Gasteiger partial charge in [-0.1, -0.05) is 0 Å². The second-order valence-electron chi connectivity index (χ2n) is 6.39. The zero-order valence-electron chi connectivity index (χ0n) is 16.6. The van der Waals surface area contributed by atoms with Crippen LogP contribution in [0.5, 0.6) is 11.5 Å². The maximum Gasteiger partial charge on any atom is 0.291 e. The minimum absolute atomic E-state index is 0.135. The van der Waals surface area contributed by atoms with Gasteiger partial charge in [-0.15, -0.1) is 11.3 Å². The highest BCUT2D eigenvalue weighted by atomic mass is 32.1. The van der Waals surface area contributed by atoms with Gasteiger partial charge in [0.05, 0.1) is 30.4 Å². The molecule has 0 atom stereocenters. The fourth-order valence-electron chi connectivity index (χ4n) is 2.82. The number of nitrogens with zero attached hydrogens (tertiary/aromatic N) is 1. The van der Waals surface area contributed by atoms with Crippen LogP contribution in [-0.2, 0) is 6.54 Å². The lowest BCUT2D eigenvalue weighted by molar-refractivity contribution is 0.0788. The number of ether oxygens (including phenoxy) is 2. The monoisotopic (exact) mass is 414 g/mol. The van der Waals surface area contributed by atoms with E-state index in [1.807, 2.05) is 19.1 Å². The van der Waals surface area contributed by atoms with E-state index in [1.54, 1.807) is 50.4 Å². The van der Waals surface area contributed by atoms with Crippen LogP contribution in [0, 0.1) is 6.92 Å². The fourth-order valence-corrected chi connectivity index (χ4v) is 3.88. The molecule has 3 aromatic rings. The third-order valence-corrected chi connectivity index (χ3v) is 5.48. The minimum atomic E-state index is -0.355. The molecule has 2 aromatic heterocycles. The maximum atomic E-state index is 13.0. The highest BCUT2D eigenvalue weighted by Crippen LogP contribution is 2.30. The molecule has 1 aromatic carbocycles. The molecule has 0 aliphatic carbocycles. The van der Waals surface area contributed by atoms with Crippen LogP contribution in [0.4, 0.5) is 5.00 Å². The number of hydrogen-bond acceptors (Lipinski definition) is 6. The molecule has 7 nitrogen and oxygen atoms in total. The molecule has 2 heterocycles. The molecule has 0 unspecified atom stereocenters. The van der Waals surface area contributed by atoms with Gasteiger partial charge < -0.3 is 24.1 Å². The lowest BCUT2D eigenvalue weighted by Gasteiger charge is -2.19. The van der Waals surface area contributed by atoms with E-state index >= 15 is 0 Å². The lowest BCUT2D eigenvalue weighted by Crippen LogP contribution is -2.26. The van der Waals surface area contributed by atoms with E-state index in [9.17, 15) is 9.59 Å². The van der Waals surface area contributed by atoms with Crippen LogP contribution >= 0.6 is 11.3 Å². The number of methoxy groups -OCH3 is 2. The number of anilines is 1. The average molecular weight is 414 g/mol. The van der Waals surface area contributed by atoms with Crippen molar-refractivity contribution in [3.63, 3.8) is 0 Å². The van der Waals surface area contributed by atoms with Gasteiger partial charge in [-0.2, -0.15) is 0 Å². The van der Waals surface area contributed by atoms with Crippen LogP contribution < -0.4 is 14.8 Å². The Hall–Kier alpha value is -3.26. The second-order valence-corrected chi connectivity index (χ2v) is 7.45. The lowest BCUT2D eigenvalue weighted by atomic mass is 10.1. The van der Waals surface area contributed by atoms with Crippen molar-refractivity contribution >= 4 is 28.2 Å². The van der Waals surface area contributed by atoms with Gasteiger partial charge in [0.2, 0.25) is 0 Å². The van der Waals surface area contributed by atoms with Gasteiger partial charge in [0, 0.05) is 25.2 Å². The fraction of sp³-hybridized carbons (Fsp3) is 0.238. The molecule has 3 rings (SSSR count). The Morgan fingerprint density at radius 3 is 2.62 bits per heavy atom. The Labute approximate surface area is 172 Å². The normalized spacial score (nSPS) is 10.5. The summed E-state index contributed by atoms with van der Waals surface area (Å²) in [7, 11) is 4.90. The third-order valence-electron chi connectivity index (χ3n) is 4.34. The Balaban J connectivity index is 1.73. The molecule has 0 radical (unpaired) electrons. The van der Waals surface area contributed by atoms with E-state index < -0.39 is 0 Å². The number of benzene rings is 1. The van der Waals surface area contributed by atoms with Crippen molar-refractivity contribution in [3.05, 3.63) is 64.4 Å². The third kappa shape index (κ3) is 4.60. The molecule has 1 N–H and O–H groups in total. The molecule has 0 aliphatic heterocycles. The first-order valence-electron chi connectivity index (χ1n) is 8.84. The topological polar surface area (TPSA) is 81.0 Å². The first-order chi connectivity index (χ1) is 13.9. The summed E-state index contributed by atoms with van der Waals surface area (Å²) in [5.41, 5.74) is 1.66. The van der Waals surface area contributed by atoms with Gasteiger partial charge in [0.15, 0.2) is 5.76 Å². The maximum absolute atomic E-state index is 13.0. The molecule has 2 amide bonds. The van der Waals surface area contributed by atoms with E-state index in [1.165, 1.54) is 17.6 Å². The van der Waals surface area contributed by atoms with Gasteiger partial charge in [-0.05, 0) is 42.8 Å². The molecule has 0 saturated carbocycles. The highest BCUT2D eigenvalue weighted by molar-refractivity contribution is 7.18. The molecular weight excluding hydrogens is 392 g/mol. The summed E-state index contributed by atoms with van der Waals surface area (Å²) in [6.45, 7) is 2.21. The van der Waals surface area contributed by atoms with E-state index in [0.29, 0.717) is 27.9 Å². The van der Waals surface area contributed by atoms with Crippen molar-refractivity contribution in [1.29, 1.82) is 0 Å². The molecule has 29 heavy (non-hydrogen) atoms. The summed E-state index contributed by atoms with van der Waals surface area (Å²) < 4.78 is 15.7. The highest BCUT2D eigenvalue weighted by Gasteiger charge is 2.20. The number of aryl methyl sites for hydroxylation is 1. The summed E-state index contributed by atoms with van der Waals surface area (Å²) >= 11 is 1.23. The summed E-state index contributed by atoms with van der Waals surface area (Å²) in [5, 5.41) is 3.35. The quantitative estimate of drug-likeness (QED) is 0.627. The molecule has 152 valence electrons. The summed E-state index contributed by atoms with van der Waals surface area (Å²) in [6.07, 6.45) is 1.44. The number of furan rings is 1. The van der Waals surface area contributed by atoms with Gasteiger partial charge in [0.25, 0.3) is 11.8 Å². The molecular formula is C21H22N2O5S. The van der Waals surface area contributed by atoms with Crippen molar-refractivity contribution in [3.8, 4) is 11.5 Å². The van der Waals surface area contributed by atoms with E-state index in [0.717, 1.165) is 11.1 Å². The zero-order chi connectivity index (χ0) is 21.0. The van der Waals surface area contributed by atoms with Crippen molar-refractivity contribution in [1.82, 2.24) is 4.90 Å². The standard InChI is InChI=1S/C21H22N2O5S/c1-13-10-18(22-20(24)16-6-5-9-28-16)29-19(13)21(25)23(2)12-14-7-8-15(26-3)11-17(14)27-4/h5-11H,12H2,1-4H3,(H,22,24). The Bertz CT molecular complexity index is 1010. The number of amides is 2. The number of thiophene rings is 1. The number of rotatable bonds is 7. The van der Waals surface area contributed by atoms with E-state index in [4.69, 9.17) is 13.9 Å². The molecule has 0 fully saturated rings. The number of nitrogens with one attached hydrogen (secondary N) is 1. The van der Waals surface area contributed by atoms with Gasteiger partial charge in [0.1, 0.15) is 11.5 Å². The van der Waals surface area contributed by atoms with Crippen LogP contribution in [0.25, 0.3) is 0 Å². The molecule has 8 heteroatoms. The summed E-state index contributed by atoms with van der Waals surface area (Å²) in [6, 6.07) is 10.5. The second kappa shape index (κ2) is 8.83. The summed E-state index contributed by atoms with van der Waals surface area (Å²) in [5.74, 6) is 1.06. The SMILES string of the molecule is COc1ccc(CN(C)C(=O)c2sc(NC(=O)c3ccco3)cc2C)c(OC)c1. The Morgan fingerprint density at radius 1 is 1.17 bits per heavy atom. The van der Waals surface area contributed by atoms with Crippen molar-refractivity contribution in [2.45, 2.75) is 13.5 Å². The number of carbonyl (C=O) groups excluding carboxylic acids is 2. The smallest absolute Gasteiger partial charge is 0.291 e. The van der Waals surface area contributed by atoms with Crippen LogP contribution in [-0.4, -0.2) is 38.0 Å². The molecule has 0 saturated heterocycles. The molecule has 0 spiro atoms. The van der Waals surface area contributed by atoms with E-state index in [-0.39, 0.29) is 17.6 Å². The Morgan fingerprint density at radius 2 is 1.97 bits per heavy atom. The predicted molar refractivity (Wildman–Crippen MR) is 111 cm³/mol. The van der Waals surface area contributed by atoms with Gasteiger partial charge >= 0.3 is 0 Å². The number of hydrogen-bond donors (Lipinski definition) is 1. The van der Waals surface area contributed by atoms with Crippen LogP contribution in [0.15, 0.2) is 47.1 Å². The van der Waals surface area contributed by atoms with Crippen LogP contribution in [0.1, 0.15) is 31.4 Å². The van der Waals surface area contributed by atoms with Crippen molar-refractivity contribution in [2.24, 2.45) is 0 Å². The summed E-state index contributed by atoms with van der Waals surface area (Å²) in [4.78, 5) is 27.3. The molecule has 0 aliphatic rings.